The summed E-state index contributed by atoms with van der Waals surface area (Å²) in [6.07, 6.45) is 6.50. The number of hydrogen-bond acceptors (Lipinski definition) is 5. The van der Waals surface area contributed by atoms with Crippen molar-refractivity contribution in [3.05, 3.63) is 77.6 Å². The van der Waals surface area contributed by atoms with Crippen molar-refractivity contribution in [1.29, 1.82) is 0 Å². The topological polar surface area (TPSA) is 88.0 Å². The Bertz CT molecular complexity index is 1130. The van der Waals surface area contributed by atoms with Crippen molar-refractivity contribution in [2.24, 2.45) is 0 Å². The Morgan fingerprint density at radius 1 is 1.00 bits per heavy atom. The molecule has 0 atom stereocenters. The van der Waals surface area contributed by atoms with E-state index in [9.17, 15) is 23.1 Å². The summed E-state index contributed by atoms with van der Waals surface area (Å²) < 4.78 is 39.1. The van der Waals surface area contributed by atoms with Crippen molar-refractivity contribution >= 4 is 5.91 Å². The van der Waals surface area contributed by atoms with Gasteiger partial charge in [-0.1, -0.05) is 18.6 Å². The minimum absolute atomic E-state index is 0.237. The molecule has 0 saturated heterocycles. The molecule has 1 aliphatic carbocycles. The van der Waals surface area contributed by atoms with Crippen LogP contribution in [0.25, 0.3) is 11.1 Å². The molecule has 0 radical (unpaired) electrons. The molecule has 2 aromatic heterocycles. The highest BCUT2D eigenvalue weighted by molar-refractivity contribution is 5.95. The molecule has 1 amide bonds. The average Bonchev–Trinajstić information content (AvgIpc) is 2.83. The Kier molecular flexibility index (Phi) is 6.92. The van der Waals surface area contributed by atoms with Crippen LogP contribution in [0.5, 0.6) is 0 Å². The highest BCUT2D eigenvalue weighted by Gasteiger charge is 2.32. The Morgan fingerprint density at radius 3 is 2.32 bits per heavy atom. The smallest absolute Gasteiger partial charge is 0.371 e. The highest BCUT2D eigenvalue weighted by atomic mass is 19.4. The van der Waals surface area contributed by atoms with Gasteiger partial charge in [0.05, 0.1) is 11.1 Å². The Labute approximate surface area is 195 Å². The number of benzene rings is 1. The standard InChI is InChI=1S/C25H25F3N4O2/c26-25(27,28)20-7-5-18(6-8-20)21-12-19(23(33)32-24(34)10-2-1-3-11-24)15-31-22(21)9-4-17-13-29-16-30-14-17/h5-8,12-16,34H,1-4,9-11H2,(H,32,33). The van der Waals surface area contributed by atoms with Gasteiger partial charge in [-0.3, -0.25) is 9.78 Å². The summed E-state index contributed by atoms with van der Waals surface area (Å²) >= 11 is 0. The number of nitrogens with one attached hydrogen (secondary N) is 1. The normalized spacial score (nSPS) is 15.6. The van der Waals surface area contributed by atoms with E-state index < -0.39 is 23.4 Å². The second kappa shape index (κ2) is 9.89. The minimum atomic E-state index is -4.44. The molecular weight excluding hydrogens is 445 g/mol. The molecule has 0 spiro atoms. The number of rotatable bonds is 6. The molecule has 34 heavy (non-hydrogen) atoms. The first-order chi connectivity index (χ1) is 16.2. The first-order valence-electron chi connectivity index (χ1n) is 11.2. The van der Waals surface area contributed by atoms with Crippen molar-refractivity contribution in [3.63, 3.8) is 0 Å². The molecule has 3 aromatic rings. The fourth-order valence-corrected chi connectivity index (χ4v) is 4.17. The lowest BCUT2D eigenvalue weighted by atomic mass is 9.91. The first-order valence-corrected chi connectivity index (χ1v) is 11.2. The van der Waals surface area contributed by atoms with Crippen LogP contribution < -0.4 is 5.32 Å². The summed E-state index contributed by atoms with van der Waals surface area (Å²) in [5.74, 6) is -0.465. The molecule has 0 bridgehead atoms. The van der Waals surface area contributed by atoms with Gasteiger partial charge in [-0.15, -0.1) is 0 Å². The van der Waals surface area contributed by atoms with Crippen LogP contribution in [0.4, 0.5) is 13.2 Å². The lowest BCUT2D eigenvalue weighted by Gasteiger charge is -2.32. The van der Waals surface area contributed by atoms with Crippen LogP contribution in [0.2, 0.25) is 0 Å². The van der Waals surface area contributed by atoms with E-state index in [1.54, 1.807) is 18.5 Å². The molecule has 1 aliphatic rings. The van der Waals surface area contributed by atoms with Gasteiger partial charge in [0, 0.05) is 29.8 Å². The molecule has 178 valence electrons. The lowest BCUT2D eigenvalue weighted by molar-refractivity contribution is -0.137. The summed E-state index contributed by atoms with van der Waals surface area (Å²) in [4.78, 5) is 25.4. The zero-order valence-electron chi connectivity index (χ0n) is 18.5. The van der Waals surface area contributed by atoms with Gasteiger partial charge < -0.3 is 10.4 Å². The van der Waals surface area contributed by atoms with Crippen molar-refractivity contribution in [1.82, 2.24) is 20.3 Å². The van der Waals surface area contributed by atoms with E-state index in [2.05, 4.69) is 20.3 Å². The van der Waals surface area contributed by atoms with Crippen molar-refractivity contribution < 1.29 is 23.1 Å². The van der Waals surface area contributed by atoms with E-state index in [-0.39, 0.29) is 5.56 Å². The molecule has 1 aromatic carbocycles. The summed E-state index contributed by atoms with van der Waals surface area (Å²) in [6.45, 7) is 0. The number of alkyl halides is 3. The average molecular weight is 470 g/mol. The summed E-state index contributed by atoms with van der Waals surface area (Å²) in [5, 5.41) is 13.4. The summed E-state index contributed by atoms with van der Waals surface area (Å²) in [6, 6.07) is 6.41. The van der Waals surface area contributed by atoms with E-state index in [4.69, 9.17) is 0 Å². The fraction of sp³-hybridized carbons (Fsp3) is 0.360. The zero-order chi connectivity index (χ0) is 24.2. The number of aryl methyl sites for hydroxylation is 2. The van der Waals surface area contributed by atoms with Crippen LogP contribution in [0.15, 0.2) is 55.2 Å². The second-order valence-corrected chi connectivity index (χ2v) is 8.59. The number of pyridine rings is 1. The maximum absolute atomic E-state index is 13.0. The molecule has 0 aliphatic heterocycles. The summed E-state index contributed by atoms with van der Waals surface area (Å²) in [5.41, 5.74) is 0.845. The monoisotopic (exact) mass is 470 g/mol. The van der Waals surface area contributed by atoms with E-state index in [0.29, 0.717) is 42.5 Å². The third kappa shape index (κ3) is 5.77. The van der Waals surface area contributed by atoms with E-state index in [1.807, 2.05) is 0 Å². The molecule has 9 heteroatoms. The number of nitrogens with zero attached hydrogens (tertiary/aromatic N) is 3. The third-order valence-electron chi connectivity index (χ3n) is 6.05. The van der Waals surface area contributed by atoms with Crippen LogP contribution in [-0.2, 0) is 19.0 Å². The van der Waals surface area contributed by atoms with Gasteiger partial charge in [-0.25, -0.2) is 9.97 Å². The van der Waals surface area contributed by atoms with Crippen LogP contribution in [0.1, 0.15) is 59.3 Å². The van der Waals surface area contributed by atoms with Crippen LogP contribution >= 0.6 is 0 Å². The quantitative estimate of drug-likeness (QED) is 0.509. The van der Waals surface area contributed by atoms with Gasteiger partial charge in [0.25, 0.3) is 5.91 Å². The molecule has 1 saturated carbocycles. The van der Waals surface area contributed by atoms with E-state index in [0.717, 1.165) is 37.0 Å². The highest BCUT2D eigenvalue weighted by Crippen LogP contribution is 2.32. The molecular formula is C25H25F3N4O2. The van der Waals surface area contributed by atoms with Crippen LogP contribution in [0.3, 0.4) is 0 Å². The molecule has 2 heterocycles. The number of halogens is 3. The maximum Gasteiger partial charge on any atom is 0.416 e. The Morgan fingerprint density at radius 2 is 1.68 bits per heavy atom. The van der Waals surface area contributed by atoms with Crippen LogP contribution in [0, 0.1) is 0 Å². The number of carbonyl (C=O) groups is 1. The third-order valence-corrected chi connectivity index (χ3v) is 6.05. The van der Waals surface area contributed by atoms with E-state index >= 15 is 0 Å². The first kappa shape index (κ1) is 23.8. The number of amides is 1. The van der Waals surface area contributed by atoms with Crippen LogP contribution in [-0.4, -0.2) is 31.7 Å². The SMILES string of the molecule is O=C(NC1(O)CCCCC1)c1cnc(CCc2cncnc2)c(-c2ccc(C(F)(F)F)cc2)c1. The maximum atomic E-state index is 13.0. The van der Waals surface area contributed by atoms with Gasteiger partial charge in [0.15, 0.2) is 0 Å². The minimum Gasteiger partial charge on any atom is -0.371 e. The number of carbonyl (C=O) groups excluding carboxylic acids is 1. The van der Waals surface area contributed by atoms with Gasteiger partial charge >= 0.3 is 6.18 Å². The lowest BCUT2D eigenvalue weighted by Crippen LogP contribution is -2.49. The molecule has 2 N–H and O–H groups in total. The fourth-order valence-electron chi connectivity index (χ4n) is 4.17. The largest absolute Gasteiger partial charge is 0.416 e. The molecule has 6 nitrogen and oxygen atoms in total. The van der Waals surface area contributed by atoms with Gasteiger partial charge in [0.1, 0.15) is 12.1 Å². The predicted molar refractivity (Wildman–Crippen MR) is 120 cm³/mol. The Hall–Kier alpha value is -3.33. The van der Waals surface area contributed by atoms with E-state index in [1.165, 1.54) is 24.7 Å². The van der Waals surface area contributed by atoms with Crippen molar-refractivity contribution in [2.75, 3.05) is 0 Å². The Balaban J connectivity index is 1.63. The molecule has 1 fully saturated rings. The number of aromatic nitrogens is 3. The van der Waals surface area contributed by atoms with Gasteiger partial charge in [-0.2, -0.15) is 13.2 Å². The van der Waals surface area contributed by atoms with Gasteiger partial charge in [0.2, 0.25) is 0 Å². The molecule has 0 unspecified atom stereocenters. The number of aliphatic hydroxyl groups is 1. The second-order valence-electron chi connectivity index (χ2n) is 8.59. The van der Waals surface area contributed by atoms with Gasteiger partial charge in [-0.05, 0) is 67.9 Å². The summed E-state index contributed by atoms with van der Waals surface area (Å²) in [7, 11) is 0. The molecule has 4 rings (SSSR count). The number of hydrogen-bond donors (Lipinski definition) is 2. The van der Waals surface area contributed by atoms with Crippen molar-refractivity contribution in [2.45, 2.75) is 56.8 Å². The zero-order valence-corrected chi connectivity index (χ0v) is 18.5. The van der Waals surface area contributed by atoms with Crippen molar-refractivity contribution in [3.8, 4) is 11.1 Å². The predicted octanol–water partition coefficient (Wildman–Crippen LogP) is 4.73.